The summed E-state index contributed by atoms with van der Waals surface area (Å²) >= 11 is 0. The average Bonchev–Trinajstić information content (AvgIpc) is 2.60. The fraction of sp³-hybridized carbons (Fsp3) is 0.176. The van der Waals surface area contributed by atoms with Crippen LogP contribution in [0.15, 0.2) is 42.5 Å². The first-order valence-electron chi connectivity index (χ1n) is 7.51. The van der Waals surface area contributed by atoms with Crippen LogP contribution < -0.4 is 15.0 Å². The molecule has 0 aliphatic carbocycles. The highest BCUT2D eigenvalue weighted by Gasteiger charge is 2.29. The molecule has 0 saturated carbocycles. The molecular formula is C17H15N3O5. The molecule has 0 fully saturated rings. The molecule has 0 saturated heterocycles. The first-order valence-corrected chi connectivity index (χ1v) is 7.51. The molecule has 1 N–H and O–H groups in total. The van der Waals surface area contributed by atoms with Crippen LogP contribution in [0.3, 0.4) is 0 Å². The normalized spacial score (nSPS) is 16.0. The van der Waals surface area contributed by atoms with Crippen molar-refractivity contribution in [1.29, 1.82) is 0 Å². The van der Waals surface area contributed by atoms with Crippen LogP contribution in [-0.4, -0.2) is 29.9 Å². The Hall–Kier alpha value is -3.42. The topological polar surface area (TPSA) is 102 Å². The zero-order valence-electron chi connectivity index (χ0n) is 13.6. The van der Waals surface area contributed by atoms with Crippen LogP contribution in [0.2, 0.25) is 0 Å². The molecule has 1 aliphatic heterocycles. The number of para-hydroxylation sites is 1. The smallest absolute Gasteiger partial charge is 0.282 e. The summed E-state index contributed by atoms with van der Waals surface area (Å²) in [7, 11) is 1.62. The number of benzene rings is 2. The van der Waals surface area contributed by atoms with E-state index in [9.17, 15) is 19.7 Å². The van der Waals surface area contributed by atoms with E-state index >= 15 is 0 Å². The molecule has 3 rings (SSSR count). The van der Waals surface area contributed by atoms with E-state index in [4.69, 9.17) is 4.74 Å². The van der Waals surface area contributed by atoms with Gasteiger partial charge in [-0.15, -0.1) is 0 Å². The Morgan fingerprint density at radius 2 is 2.00 bits per heavy atom. The van der Waals surface area contributed by atoms with Crippen LogP contribution in [-0.2, 0) is 4.79 Å². The Morgan fingerprint density at radius 3 is 2.72 bits per heavy atom. The molecule has 1 aliphatic rings. The van der Waals surface area contributed by atoms with Gasteiger partial charge in [0.2, 0.25) is 0 Å². The number of carbonyl (C=O) groups excluding carboxylic acids is 2. The highest BCUT2D eigenvalue weighted by atomic mass is 16.6. The van der Waals surface area contributed by atoms with Crippen LogP contribution in [0.4, 0.5) is 17.1 Å². The summed E-state index contributed by atoms with van der Waals surface area (Å²) in [5.74, 6) is -0.278. The Labute approximate surface area is 143 Å². The molecule has 1 atom stereocenters. The zero-order chi connectivity index (χ0) is 18.1. The van der Waals surface area contributed by atoms with Gasteiger partial charge in [-0.05, 0) is 31.2 Å². The van der Waals surface area contributed by atoms with Gasteiger partial charge < -0.3 is 15.0 Å². The van der Waals surface area contributed by atoms with Crippen molar-refractivity contribution >= 4 is 28.9 Å². The Morgan fingerprint density at radius 1 is 1.28 bits per heavy atom. The first kappa shape index (κ1) is 16.4. The fourth-order valence-corrected chi connectivity index (χ4v) is 2.61. The van der Waals surface area contributed by atoms with E-state index in [0.717, 1.165) is 0 Å². The average molecular weight is 341 g/mol. The third-order valence-corrected chi connectivity index (χ3v) is 3.91. The van der Waals surface area contributed by atoms with E-state index in [1.54, 1.807) is 38.2 Å². The van der Waals surface area contributed by atoms with Crippen LogP contribution >= 0.6 is 0 Å². The molecule has 0 radical (unpaired) electrons. The maximum absolute atomic E-state index is 12.4. The molecule has 0 bridgehead atoms. The SMILES string of the molecule is CC1Oc2ccc(NC(=O)c3ccccc3[N+](=O)[O-])cc2N(C)C1=O. The van der Waals surface area contributed by atoms with Crippen molar-refractivity contribution in [3.05, 3.63) is 58.1 Å². The van der Waals surface area contributed by atoms with Gasteiger partial charge in [-0.2, -0.15) is 0 Å². The van der Waals surface area contributed by atoms with Gasteiger partial charge in [-0.1, -0.05) is 12.1 Å². The summed E-state index contributed by atoms with van der Waals surface area (Å²) in [6.07, 6.45) is -0.579. The lowest BCUT2D eigenvalue weighted by Crippen LogP contribution is -2.41. The number of rotatable bonds is 3. The number of nitrogens with one attached hydrogen (secondary N) is 1. The minimum absolute atomic E-state index is 0.0421. The van der Waals surface area contributed by atoms with E-state index in [2.05, 4.69) is 5.32 Å². The summed E-state index contributed by atoms with van der Waals surface area (Å²) < 4.78 is 5.52. The van der Waals surface area contributed by atoms with Gasteiger partial charge in [0.15, 0.2) is 6.10 Å². The number of ether oxygens (including phenoxy) is 1. The highest BCUT2D eigenvalue weighted by molar-refractivity contribution is 6.08. The van der Waals surface area contributed by atoms with Crippen molar-refractivity contribution in [1.82, 2.24) is 0 Å². The second kappa shape index (κ2) is 6.23. The van der Waals surface area contributed by atoms with Gasteiger partial charge in [0.05, 0.1) is 10.6 Å². The predicted octanol–water partition coefficient (Wildman–Crippen LogP) is 2.59. The fourth-order valence-electron chi connectivity index (χ4n) is 2.61. The number of hydrogen-bond acceptors (Lipinski definition) is 5. The molecule has 2 aromatic rings. The predicted molar refractivity (Wildman–Crippen MR) is 91.0 cm³/mol. The van der Waals surface area contributed by atoms with E-state index < -0.39 is 16.9 Å². The standard InChI is InChI=1S/C17H15N3O5/c1-10-17(22)19(2)14-9-11(7-8-15(14)25-10)18-16(21)12-5-3-4-6-13(12)20(23)24/h3-10H,1-2H3,(H,18,21). The van der Waals surface area contributed by atoms with E-state index in [1.807, 2.05) is 0 Å². The molecule has 128 valence electrons. The molecule has 0 aromatic heterocycles. The maximum atomic E-state index is 12.4. The summed E-state index contributed by atoms with van der Waals surface area (Å²) in [6.45, 7) is 1.66. The number of anilines is 2. The molecule has 2 amide bonds. The van der Waals surface area contributed by atoms with Crippen molar-refractivity contribution in [3.8, 4) is 5.75 Å². The number of likely N-dealkylation sites (N-methyl/N-ethyl adjacent to an activating group) is 1. The Bertz CT molecular complexity index is 880. The maximum Gasteiger partial charge on any atom is 0.282 e. The first-order chi connectivity index (χ1) is 11.9. The van der Waals surface area contributed by atoms with Crippen LogP contribution in [0.25, 0.3) is 0 Å². The Balaban J connectivity index is 1.89. The second-order valence-corrected chi connectivity index (χ2v) is 5.57. The van der Waals surface area contributed by atoms with Crippen molar-refractivity contribution in [2.24, 2.45) is 0 Å². The number of carbonyl (C=O) groups is 2. The zero-order valence-corrected chi connectivity index (χ0v) is 13.6. The molecule has 0 spiro atoms. The molecule has 1 unspecified atom stereocenters. The minimum Gasteiger partial charge on any atom is -0.479 e. The number of nitro groups is 1. The van der Waals surface area contributed by atoms with Gasteiger partial charge in [0.1, 0.15) is 11.3 Å². The highest BCUT2D eigenvalue weighted by Crippen LogP contribution is 2.35. The van der Waals surface area contributed by atoms with Crippen molar-refractivity contribution in [3.63, 3.8) is 0 Å². The van der Waals surface area contributed by atoms with Crippen LogP contribution in [0.1, 0.15) is 17.3 Å². The van der Waals surface area contributed by atoms with E-state index in [0.29, 0.717) is 17.1 Å². The monoisotopic (exact) mass is 341 g/mol. The van der Waals surface area contributed by atoms with Gasteiger partial charge in [-0.25, -0.2) is 0 Å². The minimum atomic E-state index is -0.608. The lowest BCUT2D eigenvalue weighted by atomic mass is 10.1. The van der Waals surface area contributed by atoms with Crippen molar-refractivity contribution in [2.45, 2.75) is 13.0 Å². The van der Waals surface area contributed by atoms with Crippen LogP contribution in [0.5, 0.6) is 5.75 Å². The number of amides is 2. The summed E-state index contributed by atoms with van der Waals surface area (Å²) in [6, 6.07) is 10.5. The van der Waals surface area contributed by atoms with E-state index in [-0.39, 0.29) is 17.2 Å². The Kier molecular flexibility index (Phi) is 4.10. The molecule has 25 heavy (non-hydrogen) atoms. The number of fused-ring (bicyclic) bond motifs is 1. The van der Waals surface area contributed by atoms with Crippen molar-refractivity contribution in [2.75, 3.05) is 17.3 Å². The number of nitrogens with zero attached hydrogens (tertiary/aromatic N) is 2. The third kappa shape index (κ3) is 3.01. The molecule has 1 heterocycles. The second-order valence-electron chi connectivity index (χ2n) is 5.57. The van der Waals surface area contributed by atoms with Gasteiger partial charge >= 0.3 is 0 Å². The molecule has 2 aromatic carbocycles. The van der Waals surface area contributed by atoms with E-state index in [1.165, 1.54) is 23.1 Å². The quantitative estimate of drug-likeness (QED) is 0.683. The van der Waals surface area contributed by atoms with Gasteiger partial charge in [-0.3, -0.25) is 19.7 Å². The molecule has 8 heteroatoms. The lowest BCUT2D eigenvalue weighted by Gasteiger charge is -2.30. The van der Waals surface area contributed by atoms with Crippen LogP contribution in [0, 0.1) is 10.1 Å². The van der Waals surface area contributed by atoms with Crippen molar-refractivity contribution < 1.29 is 19.2 Å². The van der Waals surface area contributed by atoms with Gasteiger partial charge in [0, 0.05) is 18.8 Å². The number of nitro benzene ring substituents is 1. The molecule has 8 nitrogen and oxygen atoms in total. The summed E-state index contributed by atoms with van der Waals surface area (Å²) in [5, 5.41) is 13.7. The molecular weight excluding hydrogens is 326 g/mol. The third-order valence-electron chi connectivity index (χ3n) is 3.91. The largest absolute Gasteiger partial charge is 0.479 e. The lowest BCUT2D eigenvalue weighted by molar-refractivity contribution is -0.385. The number of hydrogen-bond donors (Lipinski definition) is 1. The summed E-state index contributed by atoms with van der Waals surface area (Å²) in [4.78, 5) is 36.3. The summed E-state index contributed by atoms with van der Waals surface area (Å²) in [5.41, 5.74) is 0.602. The van der Waals surface area contributed by atoms with Gasteiger partial charge in [0.25, 0.3) is 17.5 Å².